The Labute approximate surface area is 123 Å². The molecule has 1 saturated carbocycles. The molecule has 104 valence electrons. The van der Waals surface area contributed by atoms with E-state index in [-0.39, 0.29) is 0 Å². The van der Waals surface area contributed by atoms with E-state index in [2.05, 4.69) is 38.3 Å². The molecule has 2 fully saturated rings. The van der Waals surface area contributed by atoms with Crippen molar-refractivity contribution < 1.29 is 4.74 Å². The van der Waals surface area contributed by atoms with Gasteiger partial charge in [-0.2, -0.15) is 0 Å². The molecule has 19 heavy (non-hydrogen) atoms. The van der Waals surface area contributed by atoms with E-state index in [4.69, 9.17) is 4.74 Å². The van der Waals surface area contributed by atoms with Crippen LogP contribution in [-0.2, 0) is 0 Å². The molecule has 1 aliphatic heterocycles. The summed E-state index contributed by atoms with van der Waals surface area (Å²) in [5.74, 6) is 1.78. The van der Waals surface area contributed by atoms with Crippen molar-refractivity contribution in [1.82, 2.24) is 10.2 Å². The van der Waals surface area contributed by atoms with Crippen LogP contribution in [0.5, 0.6) is 5.75 Å². The highest BCUT2D eigenvalue weighted by atomic mass is 79.9. The van der Waals surface area contributed by atoms with Gasteiger partial charge in [0.25, 0.3) is 0 Å². The first-order valence-electron chi connectivity index (χ1n) is 7.08. The maximum Gasteiger partial charge on any atom is 0.119 e. The highest BCUT2D eigenvalue weighted by Crippen LogP contribution is 2.47. The topological polar surface area (TPSA) is 24.5 Å². The van der Waals surface area contributed by atoms with Gasteiger partial charge in [-0.3, -0.25) is 4.90 Å². The largest absolute Gasteiger partial charge is 0.497 e. The Morgan fingerprint density at radius 1 is 1.32 bits per heavy atom. The van der Waals surface area contributed by atoms with Crippen molar-refractivity contribution in [2.24, 2.45) is 5.92 Å². The molecule has 1 atom stereocenters. The molecule has 0 radical (unpaired) electrons. The molecule has 0 amide bonds. The number of ether oxygens (including phenoxy) is 1. The predicted molar refractivity (Wildman–Crippen MR) is 80.6 cm³/mol. The zero-order chi connectivity index (χ0) is 13.2. The van der Waals surface area contributed by atoms with Gasteiger partial charge in [0.2, 0.25) is 0 Å². The van der Waals surface area contributed by atoms with Crippen molar-refractivity contribution in [1.29, 1.82) is 0 Å². The summed E-state index contributed by atoms with van der Waals surface area (Å²) in [6, 6.07) is 6.89. The first-order valence-corrected chi connectivity index (χ1v) is 7.87. The fourth-order valence-electron chi connectivity index (χ4n) is 3.00. The van der Waals surface area contributed by atoms with Gasteiger partial charge in [-0.1, -0.05) is 15.9 Å². The standard InChI is InChI=1S/C15H21BrN2O/c1-19-12-4-5-14(16)13(10-12)15(11-2-3-11)18-8-6-17-7-9-18/h4-5,10-11,15,17H,2-3,6-9H2,1H3/t15-/m1/s1. The lowest BCUT2D eigenvalue weighted by Crippen LogP contribution is -2.45. The molecule has 0 unspecified atom stereocenters. The summed E-state index contributed by atoms with van der Waals surface area (Å²) in [5.41, 5.74) is 1.39. The summed E-state index contributed by atoms with van der Waals surface area (Å²) in [5, 5.41) is 3.44. The van der Waals surface area contributed by atoms with Crippen LogP contribution in [0.25, 0.3) is 0 Å². The van der Waals surface area contributed by atoms with Crippen molar-refractivity contribution in [3.05, 3.63) is 28.2 Å². The molecular weight excluding hydrogens is 304 g/mol. The first-order chi connectivity index (χ1) is 9.29. The number of rotatable bonds is 4. The van der Waals surface area contributed by atoms with E-state index >= 15 is 0 Å². The SMILES string of the molecule is COc1ccc(Br)c([C@@H](C2CC2)N2CCNCC2)c1. The maximum absolute atomic E-state index is 5.40. The summed E-state index contributed by atoms with van der Waals surface area (Å²) in [6.45, 7) is 4.49. The van der Waals surface area contributed by atoms with Gasteiger partial charge in [0.15, 0.2) is 0 Å². The minimum atomic E-state index is 0.548. The second-order valence-electron chi connectivity index (χ2n) is 5.46. The lowest BCUT2D eigenvalue weighted by atomic mass is 9.99. The number of halogens is 1. The number of hydrogen-bond donors (Lipinski definition) is 1. The van der Waals surface area contributed by atoms with E-state index in [0.29, 0.717) is 6.04 Å². The Bertz CT molecular complexity index is 442. The van der Waals surface area contributed by atoms with E-state index in [9.17, 15) is 0 Å². The Morgan fingerprint density at radius 3 is 2.68 bits per heavy atom. The van der Waals surface area contributed by atoms with Crippen LogP contribution in [-0.4, -0.2) is 38.2 Å². The summed E-state index contributed by atoms with van der Waals surface area (Å²) in [6.07, 6.45) is 2.72. The zero-order valence-corrected chi connectivity index (χ0v) is 12.9. The number of nitrogens with one attached hydrogen (secondary N) is 1. The zero-order valence-electron chi connectivity index (χ0n) is 11.4. The van der Waals surface area contributed by atoms with Crippen molar-refractivity contribution in [2.75, 3.05) is 33.3 Å². The van der Waals surface area contributed by atoms with E-state index in [1.807, 2.05) is 6.07 Å². The smallest absolute Gasteiger partial charge is 0.119 e. The summed E-state index contributed by atoms with van der Waals surface area (Å²) in [7, 11) is 1.74. The van der Waals surface area contributed by atoms with Crippen molar-refractivity contribution >= 4 is 15.9 Å². The fourth-order valence-corrected chi connectivity index (χ4v) is 3.48. The summed E-state index contributed by atoms with van der Waals surface area (Å²) >= 11 is 3.73. The molecule has 1 aliphatic carbocycles. The molecule has 3 rings (SSSR count). The Balaban J connectivity index is 1.90. The summed E-state index contributed by atoms with van der Waals surface area (Å²) in [4.78, 5) is 2.63. The molecular formula is C15H21BrN2O. The Morgan fingerprint density at radius 2 is 2.05 bits per heavy atom. The highest BCUT2D eigenvalue weighted by molar-refractivity contribution is 9.10. The predicted octanol–water partition coefficient (Wildman–Crippen LogP) is 2.81. The number of benzene rings is 1. The minimum Gasteiger partial charge on any atom is -0.497 e. The molecule has 2 aliphatic rings. The maximum atomic E-state index is 5.40. The Kier molecular flexibility index (Phi) is 4.10. The van der Waals surface area contributed by atoms with Crippen LogP contribution < -0.4 is 10.1 Å². The second-order valence-corrected chi connectivity index (χ2v) is 6.31. The molecule has 1 aromatic carbocycles. The second kappa shape index (κ2) is 5.81. The van der Waals surface area contributed by atoms with E-state index in [0.717, 1.165) is 37.8 Å². The van der Waals surface area contributed by atoms with Crippen LogP contribution in [0.3, 0.4) is 0 Å². The molecule has 0 aromatic heterocycles. The van der Waals surface area contributed by atoms with Crippen LogP contribution in [0, 0.1) is 5.92 Å². The van der Waals surface area contributed by atoms with Gasteiger partial charge in [-0.05, 0) is 42.5 Å². The monoisotopic (exact) mass is 324 g/mol. The van der Waals surface area contributed by atoms with Crippen LogP contribution in [0.2, 0.25) is 0 Å². The lowest BCUT2D eigenvalue weighted by Gasteiger charge is -2.36. The first kappa shape index (κ1) is 13.4. The average molecular weight is 325 g/mol. The normalized spacial score (nSPS) is 22.2. The quantitative estimate of drug-likeness (QED) is 0.921. The third kappa shape index (κ3) is 2.96. The van der Waals surface area contributed by atoms with Crippen LogP contribution in [0.15, 0.2) is 22.7 Å². The molecule has 1 N–H and O–H groups in total. The van der Waals surface area contributed by atoms with E-state index in [1.165, 1.54) is 22.9 Å². The lowest BCUT2D eigenvalue weighted by molar-refractivity contribution is 0.155. The van der Waals surface area contributed by atoms with Crippen molar-refractivity contribution in [2.45, 2.75) is 18.9 Å². The number of nitrogens with zero attached hydrogens (tertiary/aromatic N) is 1. The van der Waals surface area contributed by atoms with Gasteiger partial charge in [-0.15, -0.1) is 0 Å². The number of piperazine rings is 1. The third-order valence-electron chi connectivity index (χ3n) is 4.14. The molecule has 4 heteroatoms. The molecule has 3 nitrogen and oxygen atoms in total. The van der Waals surface area contributed by atoms with Crippen LogP contribution in [0.1, 0.15) is 24.4 Å². The fraction of sp³-hybridized carbons (Fsp3) is 0.600. The van der Waals surface area contributed by atoms with Crippen LogP contribution >= 0.6 is 15.9 Å². The van der Waals surface area contributed by atoms with Crippen molar-refractivity contribution in [3.63, 3.8) is 0 Å². The van der Waals surface area contributed by atoms with Crippen LogP contribution in [0.4, 0.5) is 0 Å². The highest BCUT2D eigenvalue weighted by Gasteiger charge is 2.37. The number of hydrogen-bond acceptors (Lipinski definition) is 3. The molecule has 1 heterocycles. The minimum absolute atomic E-state index is 0.548. The molecule has 0 spiro atoms. The van der Waals surface area contributed by atoms with E-state index < -0.39 is 0 Å². The van der Waals surface area contributed by atoms with Gasteiger partial charge >= 0.3 is 0 Å². The summed E-state index contributed by atoms with van der Waals surface area (Å²) < 4.78 is 6.61. The molecule has 1 aromatic rings. The van der Waals surface area contributed by atoms with Gasteiger partial charge in [0.1, 0.15) is 5.75 Å². The van der Waals surface area contributed by atoms with Gasteiger partial charge < -0.3 is 10.1 Å². The Hall–Kier alpha value is -0.580. The van der Waals surface area contributed by atoms with E-state index in [1.54, 1.807) is 7.11 Å². The molecule has 0 bridgehead atoms. The van der Waals surface area contributed by atoms with Gasteiger partial charge in [-0.25, -0.2) is 0 Å². The average Bonchev–Trinajstić information content (AvgIpc) is 3.27. The number of methoxy groups -OCH3 is 1. The van der Waals surface area contributed by atoms with Gasteiger partial charge in [0, 0.05) is 36.7 Å². The van der Waals surface area contributed by atoms with Crippen molar-refractivity contribution in [3.8, 4) is 5.75 Å². The molecule has 1 saturated heterocycles. The third-order valence-corrected chi connectivity index (χ3v) is 4.86. The van der Waals surface area contributed by atoms with Gasteiger partial charge in [0.05, 0.1) is 7.11 Å².